The molecule has 0 fully saturated rings. The molecule has 0 aliphatic rings. The highest BCUT2D eigenvalue weighted by molar-refractivity contribution is 5.97. The van der Waals surface area contributed by atoms with Gasteiger partial charge in [-0.15, -0.1) is 0 Å². The number of nitrogens with one attached hydrogen (secondary N) is 2. The Morgan fingerprint density at radius 1 is 1.32 bits per heavy atom. The molecule has 0 radical (unpaired) electrons. The van der Waals surface area contributed by atoms with Gasteiger partial charge >= 0.3 is 5.97 Å². The van der Waals surface area contributed by atoms with E-state index in [0.717, 1.165) is 5.39 Å². The molecule has 0 aliphatic heterocycles. The van der Waals surface area contributed by atoms with E-state index in [4.69, 9.17) is 5.11 Å². The Bertz CT molecular complexity index is 621. The minimum absolute atomic E-state index is 0.0121. The zero-order valence-corrected chi connectivity index (χ0v) is 10.1. The van der Waals surface area contributed by atoms with Crippen molar-refractivity contribution in [3.63, 3.8) is 0 Å². The van der Waals surface area contributed by atoms with Gasteiger partial charge in [-0.3, -0.25) is 9.59 Å². The summed E-state index contributed by atoms with van der Waals surface area (Å²) in [4.78, 5) is 24.9. The third kappa shape index (κ3) is 3.31. The fraction of sp³-hybridized carbons (Fsp3) is 0.231. The van der Waals surface area contributed by atoms with Crippen LogP contribution in [0.15, 0.2) is 24.3 Å². The topological polar surface area (TPSA) is 82.2 Å². The minimum Gasteiger partial charge on any atom is -0.481 e. The minimum atomic E-state index is -0.893. The summed E-state index contributed by atoms with van der Waals surface area (Å²) in [7, 11) is 0. The van der Waals surface area contributed by atoms with Crippen molar-refractivity contribution in [3.05, 3.63) is 35.8 Å². The second-order valence-corrected chi connectivity index (χ2v) is 4.17. The Labute approximate surface area is 108 Å². The van der Waals surface area contributed by atoms with Gasteiger partial charge in [-0.1, -0.05) is 0 Å². The van der Waals surface area contributed by atoms with Crippen LogP contribution in [-0.2, 0) is 4.79 Å². The molecule has 1 amide bonds. The van der Waals surface area contributed by atoms with Crippen molar-refractivity contribution < 1.29 is 19.1 Å². The third-order valence-electron chi connectivity index (χ3n) is 2.68. The number of fused-ring (bicyclic) bond motifs is 1. The van der Waals surface area contributed by atoms with Gasteiger partial charge in [0.2, 0.25) is 0 Å². The highest BCUT2D eigenvalue weighted by Crippen LogP contribution is 2.16. The van der Waals surface area contributed by atoms with Gasteiger partial charge in [-0.05, 0) is 30.7 Å². The standard InChI is InChI=1S/C13H13FN2O3/c14-9-4-3-8-6-11(16-10(8)7-9)13(19)15-5-1-2-12(17)18/h3-4,6-7,16H,1-2,5H2,(H,15,19)(H,17,18). The molecule has 3 N–H and O–H groups in total. The van der Waals surface area contributed by atoms with E-state index >= 15 is 0 Å². The first-order valence-electron chi connectivity index (χ1n) is 5.84. The molecule has 2 rings (SSSR count). The van der Waals surface area contributed by atoms with Gasteiger partial charge < -0.3 is 15.4 Å². The predicted octanol–water partition coefficient (Wildman–Crippen LogP) is 1.90. The summed E-state index contributed by atoms with van der Waals surface area (Å²) in [5.74, 6) is -1.60. The number of H-pyrrole nitrogens is 1. The zero-order chi connectivity index (χ0) is 13.8. The first kappa shape index (κ1) is 13.1. The van der Waals surface area contributed by atoms with Crippen LogP contribution >= 0.6 is 0 Å². The van der Waals surface area contributed by atoms with E-state index in [1.807, 2.05) is 0 Å². The Kier molecular flexibility index (Phi) is 3.79. The van der Waals surface area contributed by atoms with E-state index in [-0.39, 0.29) is 24.7 Å². The fourth-order valence-corrected chi connectivity index (χ4v) is 1.76. The summed E-state index contributed by atoms with van der Waals surface area (Å²) in [5.41, 5.74) is 0.881. The molecule has 19 heavy (non-hydrogen) atoms. The summed E-state index contributed by atoms with van der Waals surface area (Å²) < 4.78 is 13.0. The highest BCUT2D eigenvalue weighted by Gasteiger charge is 2.09. The number of carbonyl (C=O) groups excluding carboxylic acids is 1. The van der Waals surface area contributed by atoms with E-state index in [9.17, 15) is 14.0 Å². The van der Waals surface area contributed by atoms with E-state index in [1.54, 1.807) is 12.1 Å². The van der Waals surface area contributed by atoms with Crippen molar-refractivity contribution >= 4 is 22.8 Å². The molecule has 100 valence electrons. The van der Waals surface area contributed by atoms with Crippen LogP contribution in [0.5, 0.6) is 0 Å². The van der Waals surface area contributed by atoms with Gasteiger partial charge in [0.15, 0.2) is 0 Å². The second-order valence-electron chi connectivity index (χ2n) is 4.17. The lowest BCUT2D eigenvalue weighted by Gasteiger charge is -2.01. The van der Waals surface area contributed by atoms with Crippen LogP contribution in [0.25, 0.3) is 10.9 Å². The summed E-state index contributed by atoms with van der Waals surface area (Å²) in [6.07, 6.45) is 0.383. The number of amides is 1. The Morgan fingerprint density at radius 3 is 2.84 bits per heavy atom. The lowest BCUT2D eigenvalue weighted by molar-refractivity contribution is -0.137. The third-order valence-corrected chi connectivity index (χ3v) is 2.68. The number of hydrogen-bond acceptors (Lipinski definition) is 2. The Balaban J connectivity index is 1.99. The van der Waals surface area contributed by atoms with Crippen LogP contribution < -0.4 is 5.32 Å². The number of aromatic amines is 1. The largest absolute Gasteiger partial charge is 0.481 e. The highest BCUT2D eigenvalue weighted by atomic mass is 19.1. The molecule has 0 atom stereocenters. The maximum Gasteiger partial charge on any atom is 0.303 e. The van der Waals surface area contributed by atoms with Gasteiger partial charge in [0.1, 0.15) is 11.5 Å². The van der Waals surface area contributed by atoms with Crippen molar-refractivity contribution in [2.24, 2.45) is 0 Å². The summed E-state index contributed by atoms with van der Waals surface area (Å²) in [6, 6.07) is 5.85. The maximum absolute atomic E-state index is 13.0. The summed E-state index contributed by atoms with van der Waals surface area (Å²) in [6.45, 7) is 0.287. The number of carboxylic acid groups (broad SMARTS) is 1. The molecule has 0 saturated carbocycles. The second kappa shape index (κ2) is 5.51. The summed E-state index contributed by atoms with van der Waals surface area (Å²) >= 11 is 0. The van der Waals surface area contributed by atoms with Crippen molar-refractivity contribution in [2.45, 2.75) is 12.8 Å². The smallest absolute Gasteiger partial charge is 0.303 e. The van der Waals surface area contributed by atoms with Crippen molar-refractivity contribution in [2.75, 3.05) is 6.54 Å². The molecular weight excluding hydrogens is 251 g/mol. The van der Waals surface area contributed by atoms with Crippen LogP contribution in [0.2, 0.25) is 0 Å². The van der Waals surface area contributed by atoms with Gasteiger partial charge in [-0.25, -0.2) is 4.39 Å². The molecule has 1 aromatic heterocycles. The van der Waals surface area contributed by atoms with Gasteiger partial charge in [0.25, 0.3) is 5.91 Å². The molecule has 6 heteroatoms. The average Bonchev–Trinajstić information content (AvgIpc) is 2.77. The lowest BCUT2D eigenvalue weighted by Crippen LogP contribution is -2.25. The molecular formula is C13H13FN2O3. The molecule has 0 spiro atoms. The van der Waals surface area contributed by atoms with Crippen LogP contribution in [0.4, 0.5) is 4.39 Å². The van der Waals surface area contributed by atoms with E-state index in [2.05, 4.69) is 10.3 Å². The number of aliphatic carboxylic acids is 1. The molecule has 0 saturated heterocycles. The fourth-order valence-electron chi connectivity index (χ4n) is 1.76. The average molecular weight is 264 g/mol. The molecule has 2 aromatic rings. The van der Waals surface area contributed by atoms with E-state index in [1.165, 1.54) is 12.1 Å². The lowest BCUT2D eigenvalue weighted by atomic mass is 10.2. The van der Waals surface area contributed by atoms with E-state index in [0.29, 0.717) is 17.6 Å². The van der Waals surface area contributed by atoms with E-state index < -0.39 is 5.97 Å². The van der Waals surface area contributed by atoms with Gasteiger partial charge in [-0.2, -0.15) is 0 Å². The SMILES string of the molecule is O=C(O)CCCNC(=O)c1cc2ccc(F)cc2[nH]1. The Hall–Kier alpha value is -2.37. The number of hydrogen-bond donors (Lipinski definition) is 3. The number of carbonyl (C=O) groups is 2. The van der Waals surface area contributed by atoms with Gasteiger partial charge in [0, 0.05) is 23.9 Å². The molecule has 0 bridgehead atoms. The number of benzene rings is 1. The van der Waals surface area contributed by atoms with Crippen molar-refractivity contribution in [1.29, 1.82) is 0 Å². The first-order chi connectivity index (χ1) is 9.06. The van der Waals surface area contributed by atoms with Crippen LogP contribution in [-0.4, -0.2) is 28.5 Å². The first-order valence-corrected chi connectivity index (χ1v) is 5.84. The van der Waals surface area contributed by atoms with Gasteiger partial charge in [0.05, 0.1) is 0 Å². The normalized spacial score (nSPS) is 10.6. The number of halogens is 1. The Morgan fingerprint density at radius 2 is 2.11 bits per heavy atom. The monoisotopic (exact) mass is 264 g/mol. The van der Waals surface area contributed by atoms with Crippen molar-refractivity contribution in [3.8, 4) is 0 Å². The molecule has 5 nitrogen and oxygen atoms in total. The zero-order valence-electron chi connectivity index (χ0n) is 10.1. The molecule has 1 aromatic carbocycles. The molecule has 0 aliphatic carbocycles. The number of rotatable bonds is 5. The van der Waals surface area contributed by atoms with Crippen LogP contribution in [0.1, 0.15) is 23.3 Å². The quantitative estimate of drug-likeness (QED) is 0.721. The number of aromatic nitrogens is 1. The molecule has 1 heterocycles. The van der Waals surface area contributed by atoms with Crippen molar-refractivity contribution in [1.82, 2.24) is 10.3 Å². The van der Waals surface area contributed by atoms with Crippen LogP contribution in [0, 0.1) is 5.82 Å². The maximum atomic E-state index is 13.0. The van der Waals surface area contributed by atoms with Crippen LogP contribution in [0.3, 0.4) is 0 Å². The molecule has 0 unspecified atom stereocenters. The summed E-state index contributed by atoms with van der Waals surface area (Å²) in [5, 5.41) is 11.8. The number of carboxylic acids is 1. The predicted molar refractivity (Wildman–Crippen MR) is 67.5 cm³/mol.